The second kappa shape index (κ2) is 15.6. The average molecular weight is 965 g/mol. The van der Waals surface area contributed by atoms with Crippen LogP contribution >= 0.6 is 0 Å². The molecule has 6 aromatic heterocycles. The maximum atomic E-state index is 5.39. The third-order valence-electron chi connectivity index (χ3n) is 16.1. The van der Waals surface area contributed by atoms with E-state index in [0.29, 0.717) is 0 Å². The topological polar surface area (TPSA) is 61.4 Å². The maximum Gasteiger partial charge on any atom is 0.138 e. The summed E-state index contributed by atoms with van der Waals surface area (Å²) in [7, 11) is 0. The van der Waals surface area contributed by atoms with Crippen molar-refractivity contribution < 1.29 is 0 Å². The van der Waals surface area contributed by atoms with Gasteiger partial charge in [-0.2, -0.15) is 0 Å². The van der Waals surface area contributed by atoms with Gasteiger partial charge in [0, 0.05) is 62.4 Å². The minimum atomic E-state index is 0.860. The predicted octanol–water partition coefficient (Wildman–Crippen LogP) is 17.7. The molecular weight excluding hydrogens is 925 g/mol. The van der Waals surface area contributed by atoms with Crippen LogP contribution in [0, 0.1) is 0 Å². The van der Waals surface area contributed by atoms with Gasteiger partial charge in [-0.3, -0.25) is 19.1 Å². The minimum absolute atomic E-state index is 0.860. The SMILES string of the molecule is c1ccc(-c2cccc(-n3c4cc(-c5ccccn5)cc5c4c4c6c(cccc6ccc43)-c3cc(-c4ccc(-n6c7cc(-c8ccccn8)cc8c7c7c9c(cccc9ccc76)-c6ccccc6-8)nc4)ccc3-5)n2)cc1. The van der Waals surface area contributed by atoms with E-state index in [1.54, 1.807) is 0 Å². The summed E-state index contributed by atoms with van der Waals surface area (Å²) in [5.41, 5.74) is 22.2. The summed E-state index contributed by atoms with van der Waals surface area (Å²) in [4.78, 5) is 20.5. The molecular formula is C70H40N6. The molecule has 0 fully saturated rings. The molecule has 6 nitrogen and oxygen atoms in total. The fourth-order valence-corrected chi connectivity index (χ4v) is 12.9. The highest BCUT2D eigenvalue weighted by molar-refractivity contribution is 6.32. The Balaban J connectivity index is 0.868. The molecule has 76 heavy (non-hydrogen) atoms. The third kappa shape index (κ3) is 5.80. The van der Waals surface area contributed by atoms with E-state index in [1.165, 1.54) is 87.6 Å². The lowest BCUT2D eigenvalue weighted by atomic mass is 9.90. The average Bonchev–Trinajstić information content (AvgIpc) is 4.07. The number of hydrogen-bond donors (Lipinski definition) is 0. The summed E-state index contributed by atoms with van der Waals surface area (Å²) in [6.45, 7) is 0. The molecule has 9 aromatic carbocycles. The molecule has 2 aliphatic carbocycles. The molecule has 2 aliphatic rings. The highest BCUT2D eigenvalue weighted by Crippen LogP contribution is 2.53. The van der Waals surface area contributed by atoms with Crippen molar-refractivity contribution in [2.75, 3.05) is 0 Å². The van der Waals surface area contributed by atoms with Crippen LogP contribution in [0.15, 0.2) is 243 Å². The lowest BCUT2D eigenvalue weighted by Gasteiger charge is -2.17. The highest BCUT2D eigenvalue weighted by atomic mass is 15.1. The summed E-state index contributed by atoms with van der Waals surface area (Å²) < 4.78 is 4.73. The standard InChI is InChI=1S/C70H40N6/c1-2-13-41(14-3-1)58-23-12-24-64(74-58)76-60-31-27-43-16-11-20-52-53-35-44(25-29-50(53)55-37-47(57-22-7-9-34-72-57)39-62(76)68(55)70(60)66(43)52)45-28-32-63(73-40-45)75-59-30-26-42-15-10-19-51-48-17-4-5-18-49(48)54-36-46(56-21-6-8-33-71-56)38-61(75)67(54)69(59)65(42)51/h1-40H. The Kier molecular flexibility index (Phi) is 8.46. The highest BCUT2D eigenvalue weighted by Gasteiger charge is 2.29. The summed E-state index contributed by atoms with van der Waals surface area (Å²) in [6, 6.07) is 81.2. The monoisotopic (exact) mass is 964 g/mol. The molecule has 0 atom stereocenters. The van der Waals surface area contributed by atoms with Crippen LogP contribution in [0.25, 0.3) is 166 Å². The molecule has 6 heteroatoms. The van der Waals surface area contributed by atoms with E-state index in [1.807, 2.05) is 30.6 Å². The molecule has 0 amide bonds. The molecule has 0 saturated heterocycles. The second-order valence-electron chi connectivity index (χ2n) is 20.1. The number of pyridine rings is 4. The Hall–Kier alpha value is -10.3. The van der Waals surface area contributed by atoms with Crippen molar-refractivity contribution in [2.24, 2.45) is 0 Å². The zero-order chi connectivity index (χ0) is 49.6. The van der Waals surface area contributed by atoms with Gasteiger partial charge in [-0.15, -0.1) is 0 Å². The van der Waals surface area contributed by atoms with Crippen molar-refractivity contribution >= 4 is 65.2 Å². The van der Waals surface area contributed by atoms with Gasteiger partial charge in [0.1, 0.15) is 11.6 Å². The molecule has 0 unspecified atom stereocenters. The lowest BCUT2D eigenvalue weighted by molar-refractivity contribution is 1.08. The fourth-order valence-electron chi connectivity index (χ4n) is 12.9. The maximum absolute atomic E-state index is 5.39. The lowest BCUT2D eigenvalue weighted by Crippen LogP contribution is -1.99. The van der Waals surface area contributed by atoms with Crippen molar-refractivity contribution in [1.82, 2.24) is 29.1 Å². The first-order valence-corrected chi connectivity index (χ1v) is 25.8. The van der Waals surface area contributed by atoms with Crippen LogP contribution in [0.3, 0.4) is 0 Å². The van der Waals surface area contributed by atoms with Crippen molar-refractivity contribution in [1.29, 1.82) is 0 Å². The fraction of sp³-hybridized carbons (Fsp3) is 0. The van der Waals surface area contributed by atoms with E-state index in [9.17, 15) is 0 Å². The van der Waals surface area contributed by atoms with Gasteiger partial charge in [0.05, 0.1) is 39.1 Å². The van der Waals surface area contributed by atoms with Gasteiger partial charge in [-0.25, -0.2) is 9.97 Å². The second-order valence-corrected chi connectivity index (χ2v) is 20.1. The molecule has 17 rings (SSSR count). The molecule has 0 bridgehead atoms. The van der Waals surface area contributed by atoms with Gasteiger partial charge in [-0.05, 0) is 163 Å². The van der Waals surface area contributed by atoms with Crippen LogP contribution in [0.1, 0.15) is 0 Å². The summed E-state index contributed by atoms with van der Waals surface area (Å²) in [6.07, 6.45) is 5.81. The minimum Gasteiger partial charge on any atom is -0.294 e. The Bertz CT molecular complexity index is 4960. The molecule has 0 spiro atoms. The number of rotatable bonds is 6. The number of aromatic nitrogens is 6. The van der Waals surface area contributed by atoms with Gasteiger partial charge >= 0.3 is 0 Å². The van der Waals surface area contributed by atoms with Crippen LogP contribution in [-0.4, -0.2) is 29.1 Å². The first kappa shape index (κ1) is 41.2. The van der Waals surface area contributed by atoms with Crippen molar-refractivity contribution in [3.63, 3.8) is 0 Å². The van der Waals surface area contributed by atoms with Gasteiger partial charge in [0.15, 0.2) is 0 Å². The van der Waals surface area contributed by atoms with Crippen LogP contribution in [0.2, 0.25) is 0 Å². The summed E-state index contributed by atoms with van der Waals surface area (Å²) in [5, 5.41) is 9.85. The van der Waals surface area contributed by atoms with E-state index in [2.05, 4.69) is 222 Å². The summed E-state index contributed by atoms with van der Waals surface area (Å²) in [5.74, 6) is 1.73. The van der Waals surface area contributed by atoms with E-state index in [-0.39, 0.29) is 0 Å². The zero-order valence-corrected chi connectivity index (χ0v) is 40.8. The van der Waals surface area contributed by atoms with E-state index in [4.69, 9.17) is 19.9 Å². The van der Waals surface area contributed by atoms with Crippen molar-refractivity contribution in [3.05, 3.63) is 243 Å². The van der Waals surface area contributed by atoms with Gasteiger partial charge in [-0.1, -0.05) is 133 Å². The van der Waals surface area contributed by atoms with Crippen LogP contribution in [0.4, 0.5) is 0 Å². The first-order chi connectivity index (χ1) is 37.7. The first-order valence-electron chi connectivity index (χ1n) is 25.8. The van der Waals surface area contributed by atoms with E-state index in [0.717, 1.165) is 78.6 Å². The summed E-state index contributed by atoms with van der Waals surface area (Å²) >= 11 is 0. The molecule has 0 aliphatic heterocycles. The molecule has 0 saturated carbocycles. The zero-order valence-electron chi connectivity index (χ0n) is 40.8. The molecule has 350 valence electrons. The van der Waals surface area contributed by atoms with Crippen LogP contribution in [-0.2, 0) is 0 Å². The van der Waals surface area contributed by atoms with Gasteiger partial charge in [0.2, 0.25) is 0 Å². The predicted molar refractivity (Wildman–Crippen MR) is 312 cm³/mol. The van der Waals surface area contributed by atoms with Crippen LogP contribution in [0.5, 0.6) is 0 Å². The van der Waals surface area contributed by atoms with Crippen molar-refractivity contribution in [3.8, 4) is 101 Å². The third-order valence-corrected chi connectivity index (χ3v) is 16.1. The number of nitrogens with zero attached hydrogens (tertiary/aromatic N) is 6. The van der Waals surface area contributed by atoms with Crippen molar-refractivity contribution in [2.45, 2.75) is 0 Å². The molecule has 0 N–H and O–H groups in total. The molecule has 15 aromatic rings. The Labute approximate surface area is 436 Å². The normalized spacial score (nSPS) is 12.2. The number of benzene rings is 9. The van der Waals surface area contributed by atoms with E-state index < -0.39 is 0 Å². The smallest absolute Gasteiger partial charge is 0.138 e. The van der Waals surface area contributed by atoms with E-state index >= 15 is 0 Å². The Morgan fingerprint density at radius 3 is 1.39 bits per heavy atom. The largest absolute Gasteiger partial charge is 0.294 e. The van der Waals surface area contributed by atoms with Gasteiger partial charge in [0.25, 0.3) is 0 Å². The number of hydrogen-bond acceptors (Lipinski definition) is 4. The quantitative estimate of drug-likeness (QED) is 0.167. The Morgan fingerprint density at radius 2 is 0.776 bits per heavy atom. The molecule has 0 radical (unpaired) electrons. The Morgan fingerprint density at radius 1 is 0.250 bits per heavy atom. The molecule has 6 heterocycles. The van der Waals surface area contributed by atoms with Gasteiger partial charge < -0.3 is 0 Å². The van der Waals surface area contributed by atoms with Crippen LogP contribution < -0.4 is 0 Å². The number of fused-ring (bicyclic) bond motifs is 6.